The van der Waals surface area contributed by atoms with E-state index in [-0.39, 0.29) is 4.20 Å². The molecule has 0 fully saturated rings. The SMILES string of the molecule is CS(C)=C(C(=O)c1ccccc1)S(=O)(=O)CC(=O)c1ccccc1. The molecular weight excluding hydrogens is 344 g/mol. The minimum Gasteiger partial charge on any atom is -0.293 e. The molecule has 0 aromatic heterocycles. The van der Waals surface area contributed by atoms with Gasteiger partial charge in [-0.3, -0.25) is 9.59 Å². The lowest BCUT2D eigenvalue weighted by Gasteiger charge is -2.11. The first kappa shape index (κ1) is 18.3. The highest BCUT2D eigenvalue weighted by molar-refractivity contribution is 8.32. The zero-order valence-corrected chi connectivity index (χ0v) is 15.1. The van der Waals surface area contributed by atoms with Crippen LogP contribution in [0.3, 0.4) is 0 Å². The summed E-state index contributed by atoms with van der Waals surface area (Å²) >= 11 is 0. The second kappa shape index (κ2) is 7.68. The summed E-state index contributed by atoms with van der Waals surface area (Å²) in [7, 11) is -4.79. The summed E-state index contributed by atoms with van der Waals surface area (Å²) in [5.74, 6) is -1.75. The molecule has 0 atom stereocenters. The molecule has 4 nitrogen and oxygen atoms in total. The summed E-state index contributed by atoms with van der Waals surface area (Å²) in [5.41, 5.74) is 0.629. The van der Waals surface area contributed by atoms with Crippen molar-refractivity contribution in [2.45, 2.75) is 0 Å². The Kier molecular flexibility index (Phi) is 5.85. The number of carbonyl (C=O) groups excluding carboxylic acids is 2. The molecule has 0 aliphatic carbocycles. The molecule has 24 heavy (non-hydrogen) atoms. The summed E-state index contributed by atoms with van der Waals surface area (Å²) in [4.78, 5) is 24.9. The lowest BCUT2D eigenvalue weighted by molar-refractivity contribution is 0.102. The first-order chi connectivity index (χ1) is 11.3. The van der Waals surface area contributed by atoms with Crippen molar-refractivity contribution in [3.63, 3.8) is 0 Å². The van der Waals surface area contributed by atoms with Gasteiger partial charge in [0, 0.05) is 11.1 Å². The standard InChI is InChI=1S/C18H18O4S2/c1-23(2)18(17(20)15-11-7-4-8-12-15)24(21,22)13-16(19)14-9-5-3-6-10-14/h3-12H,13H2,1-2H3. The van der Waals surface area contributed by atoms with Crippen molar-refractivity contribution in [3.05, 3.63) is 71.8 Å². The largest absolute Gasteiger partial charge is 0.293 e. The molecular formula is C18H18O4S2. The third-order valence-electron chi connectivity index (χ3n) is 3.29. The van der Waals surface area contributed by atoms with E-state index in [0.29, 0.717) is 11.1 Å². The summed E-state index contributed by atoms with van der Waals surface area (Å²) in [6.07, 6.45) is 3.33. The maximum absolute atomic E-state index is 12.7. The third kappa shape index (κ3) is 4.27. The van der Waals surface area contributed by atoms with E-state index in [0.717, 1.165) is 0 Å². The quantitative estimate of drug-likeness (QED) is 0.606. The van der Waals surface area contributed by atoms with Crippen LogP contribution in [-0.4, -0.2) is 42.4 Å². The van der Waals surface area contributed by atoms with Crippen molar-refractivity contribution < 1.29 is 18.0 Å². The smallest absolute Gasteiger partial charge is 0.210 e. The minimum absolute atomic E-state index is 0.196. The van der Waals surface area contributed by atoms with E-state index < -0.39 is 37.6 Å². The molecule has 0 N–H and O–H groups in total. The van der Waals surface area contributed by atoms with Crippen LogP contribution in [0.25, 0.3) is 0 Å². The maximum Gasteiger partial charge on any atom is 0.210 e. The van der Waals surface area contributed by atoms with Gasteiger partial charge in [-0.25, -0.2) is 8.42 Å². The predicted molar refractivity (Wildman–Crippen MR) is 99.8 cm³/mol. The Morgan fingerprint density at radius 1 is 0.833 bits per heavy atom. The molecule has 0 bridgehead atoms. The third-order valence-corrected chi connectivity index (χ3v) is 7.37. The first-order valence-electron chi connectivity index (χ1n) is 7.18. The van der Waals surface area contributed by atoms with Gasteiger partial charge < -0.3 is 0 Å². The van der Waals surface area contributed by atoms with Crippen LogP contribution in [0.1, 0.15) is 20.7 Å². The Bertz CT molecular complexity index is 879. The molecule has 2 aromatic rings. The van der Waals surface area contributed by atoms with Gasteiger partial charge in [0.05, 0.1) is 0 Å². The van der Waals surface area contributed by atoms with E-state index in [4.69, 9.17) is 0 Å². The van der Waals surface area contributed by atoms with Gasteiger partial charge in [0.2, 0.25) is 5.78 Å². The topological polar surface area (TPSA) is 68.3 Å². The molecule has 0 aliphatic rings. The van der Waals surface area contributed by atoms with Crippen LogP contribution in [0, 0.1) is 0 Å². The number of benzene rings is 2. The molecule has 0 saturated heterocycles. The van der Waals surface area contributed by atoms with Gasteiger partial charge in [0.1, 0.15) is 9.95 Å². The minimum atomic E-state index is -3.99. The lowest BCUT2D eigenvalue weighted by Crippen LogP contribution is -2.30. The zero-order valence-electron chi connectivity index (χ0n) is 13.4. The zero-order chi connectivity index (χ0) is 17.7. The number of Topliss-reactive ketones (excluding diaryl/α,β-unsaturated/α-hetero) is 2. The molecule has 126 valence electrons. The maximum atomic E-state index is 12.7. The van der Waals surface area contributed by atoms with Crippen LogP contribution in [0.15, 0.2) is 60.7 Å². The van der Waals surface area contributed by atoms with Gasteiger partial charge in [-0.2, -0.15) is 10.5 Å². The predicted octanol–water partition coefficient (Wildman–Crippen LogP) is 2.83. The molecule has 0 spiro atoms. The molecule has 2 rings (SSSR count). The summed E-state index contributed by atoms with van der Waals surface area (Å²) < 4.78 is 25.2. The summed E-state index contributed by atoms with van der Waals surface area (Å²) in [6.45, 7) is 0. The Morgan fingerprint density at radius 2 is 1.29 bits per heavy atom. The molecule has 0 unspecified atom stereocenters. The van der Waals surface area contributed by atoms with Crippen LogP contribution in [0.5, 0.6) is 0 Å². The normalized spacial score (nSPS) is 11.3. The van der Waals surface area contributed by atoms with Crippen LogP contribution in [0.2, 0.25) is 0 Å². The Morgan fingerprint density at radius 3 is 1.75 bits per heavy atom. The highest BCUT2D eigenvalue weighted by atomic mass is 32.2. The van der Waals surface area contributed by atoms with Crippen molar-refractivity contribution in [2.75, 3.05) is 18.3 Å². The Balaban J connectivity index is 2.36. The molecule has 0 saturated carbocycles. The van der Waals surface area contributed by atoms with Crippen molar-refractivity contribution in [1.82, 2.24) is 0 Å². The molecule has 2 aromatic carbocycles. The van der Waals surface area contributed by atoms with Crippen molar-refractivity contribution in [3.8, 4) is 0 Å². The van der Waals surface area contributed by atoms with Gasteiger partial charge >= 0.3 is 0 Å². The van der Waals surface area contributed by atoms with E-state index in [1.165, 1.54) is 0 Å². The van der Waals surface area contributed by atoms with E-state index in [1.807, 2.05) is 0 Å². The average molecular weight is 362 g/mol. The van der Waals surface area contributed by atoms with Gasteiger partial charge in [0.25, 0.3) is 0 Å². The number of carbonyl (C=O) groups is 2. The van der Waals surface area contributed by atoms with Crippen molar-refractivity contribution in [2.24, 2.45) is 0 Å². The average Bonchev–Trinajstić information content (AvgIpc) is 2.55. The van der Waals surface area contributed by atoms with Crippen LogP contribution < -0.4 is 0 Å². The molecule has 0 amide bonds. The number of ketones is 2. The molecule has 0 heterocycles. The van der Waals surface area contributed by atoms with Gasteiger partial charge in [-0.1, -0.05) is 60.7 Å². The van der Waals surface area contributed by atoms with Crippen molar-refractivity contribution in [1.29, 1.82) is 0 Å². The Hall–Kier alpha value is -2.05. The first-order valence-corrected chi connectivity index (χ1v) is 10.9. The second-order valence-corrected chi connectivity index (χ2v) is 9.57. The summed E-state index contributed by atoms with van der Waals surface area (Å²) in [6, 6.07) is 16.5. The van der Waals surface area contributed by atoms with Gasteiger partial charge in [0.15, 0.2) is 15.6 Å². The van der Waals surface area contributed by atoms with Crippen LogP contribution in [-0.2, 0) is 9.84 Å². The monoisotopic (exact) mass is 362 g/mol. The summed E-state index contributed by atoms with van der Waals surface area (Å²) in [5, 5.41) is 0. The molecule has 0 aliphatic heterocycles. The van der Waals surface area contributed by atoms with E-state index in [2.05, 4.69) is 0 Å². The van der Waals surface area contributed by atoms with E-state index >= 15 is 0 Å². The number of sulfone groups is 1. The fourth-order valence-corrected chi connectivity index (χ4v) is 5.97. The van der Waals surface area contributed by atoms with E-state index in [1.54, 1.807) is 73.2 Å². The number of hydrogen-bond acceptors (Lipinski definition) is 4. The highest BCUT2D eigenvalue weighted by Gasteiger charge is 2.30. The Labute approximate surface area is 144 Å². The van der Waals surface area contributed by atoms with Crippen molar-refractivity contribution >= 4 is 36.1 Å². The van der Waals surface area contributed by atoms with E-state index in [9.17, 15) is 18.0 Å². The lowest BCUT2D eigenvalue weighted by atomic mass is 10.1. The number of hydrogen-bond donors (Lipinski definition) is 0. The van der Waals surface area contributed by atoms with Gasteiger partial charge in [-0.05, 0) is 12.5 Å². The fourth-order valence-electron chi connectivity index (χ4n) is 2.23. The number of rotatable bonds is 5. The second-order valence-electron chi connectivity index (χ2n) is 5.35. The fraction of sp³-hybridized carbons (Fsp3) is 0.167. The van der Waals surface area contributed by atoms with Crippen LogP contribution >= 0.6 is 10.5 Å². The highest BCUT2D eigenvalue weighted by Crippen LogP contribution is 2.17. The van der Waals surface area contributed by atoms with Gasteiger partial charge in [-0.15, -0.1) is 0 Å². The molecule has 0 radical (unpaired) electrons. The van der Waals surface area contributed by atoms with Crippen LogP contribution in [0.4, 0.5) is 0 Å². The molecule has 6 heteroatoms.